The number of hydrogen-bond donors (Lipinski definition) is 0. The van der Waals surface area contributed by atoms with Crippen LogP contribution in [0.1, 0.15) is 15.9 Å². The smallest absolute Gasteiger partial charge is 0.298 e. The molecule has 80 valence electrons. The predicted molar refractivity (Wildman–Crippen MR) is 46.9 cm³/mol. The summed E-state index contributed by atoms with van der Waals surface area (Å²) in [7, 11) is 0. The van der Waals surface area contributed by atoms with Gasteiger partial charge in [0.15, 0.2) is 0 Å². The number of benzene rings is 1. The summed E-state index contributed by atoms with van der Waals surface area (Å²) in [6.45, 7) is 2.76. The lowest BCUT2D eigenvalue weighted by atomic mass is 10.0. The number of aldehydes is 1. The van der Waals surface area contributed by atoms with Crippen molar-refractivity contribution in [1.82, 2.24) is 0 Å². The zero-order valence-electron chi connectivity index (χ0n) is 7.44. The highest BCUT2D eigenvalue weighted by atomic mass is 19.4. The SMILES string of the molecule is C=C(c1ccc(C=O)cc1F)C(F)(F)F. The van der Waals surface area contributed by atoms with Gasteiger partial charge in [-0.05, 0) is 6.07 Å². The first-order valence-corrected chi connectivity index (χ1v) is 3.87. The van der Waals surface area contributed by atoms with Crippen molar-refractivity contribution < 1.29 is 22.4 Å². The van der Waals surface area contributed by atoms with Crippen LogP contribution in [0.4, 0.5) is 17.6 Å². The number of halogens is 4. The molecule has 0 aliphatic rings. The minimum atomic E-state index is -4.68. The van der Waals surface area contributed by atoms with Crippen LogP contribution in [0.15, 0.2) is 24.8 Å². The van der Waals surface area contributed by atoms with Crippen LogP contribution in [-0.2, 0) is 0 Å². The Morgan fingerprint density at radius 3 is 2.33 bits per heavy atom. The lowest BCUT2D eigenvalue weighted by molar-refractivity contribution is -0.0688. The Bertz CT molecular complexity index is 406. The third kappa shape index (κ3) is 2.43. The van der Waals surface area contributed by atoms with Crippen LogP contribution in [0.25, 0.3) is 5.57 Å². The lowest BCUT2D eigenvalue weighted by Crippen LogP contribution is -2.10. The number of carbonyl (C=O) groups excluding carboxylic acids is 1. The lowest BCUT2D eigenvalue weighted by Gasteiger charge is -2.10. The van der Waals surface area contributed by atoms with Gasteiger partial charge in [-0.25, -0.2) is 4.39 Å². The number of carbonyl (C=O) groups is 1. The van der Waals surface area contributed by atoms with Crippen molar-refractivity contribution in [2.45, 2.75) is 6.18 Å². The molecule has 0 heterocycles. The second kappa shape index (κ2) is 3.84. The molecule has 5 heteroatoms. The molecular weight excluding hydrogens is 212 g/mol. The molecule has 0 fully saturated rings. The van der Waals surface area contributed by atoms with Crippen molar-refractivity contribution in [2.75, 3.05) is 0 Å². The average molecular weight is 218 g/mol. The average Bonchev–Trinajstić information content (AvgIpc) is 2.15. The Labute approximate surface area is 83.0 Å². The van der Waals surface area contributed by atoms with Crippen molar-refractivity contribution in [1.29, 1.82) is 0 Å². The zero-order valence-corrected chi connectivity index (χ0v) is 7.44. The van der Waals surface area contributed by atoms with Crippen LogP contribution in [0.3, 0.4) is 0 Å². The summed E-state index contributed by atoms with van der Waals surface area (Å²) in [5.74, 6) is -1.11. The summed E-state index contributed by atoms with van der Waals surface area (Å²) in [5.41, 5.74) is -1.93. The fraction of sp³-hybridized carbons (Fsp3) is 0.100. The van der Waals surface area contributed by atoms with E-state index in [1.165, 1.54) is 0 Å². The van der Waals surface area contributed by atoms with Gasteiger partial charge in [0.1, 0.15) is 12.1 Å². The molecule has 1 aromatic rings. The van der Waals surface area contributed by atoms with Crippen molar-refractivity contribution in [3.63, 3.8) is 0 Å². The number of hydrogen-bond acceptors (Lipinski definition) is 1. The van der Waals surface area contributed by atoms with E-state index in [4.69, 9.17) is 0 Å². The van der Waals surface area contributed by atoms with Crippen LogP contribution in [-0.4, -0.2) is 12.5 Å². The Hall–Kier alpha value is -1.65. The van der Waals surface area contributed by atoms with E-state index in [-0.39, 0.29) is 5.56 Å². The van der Waals surface area contributed by atoms with Crippen LogP contribution in [0, 0.1) is 5.82 Å². The van der Waals surface area contributed by atoms with E-state index in [2.05, 4.69) is 6.58 Å². The van der Waals surface area contributed by atoms with Crippen LogP contribution < -0.4 is 0 Å². The van der Waals surface area contributed by atoms with Gasteiger partial charge in [-0.15, -0.1) is 0 Å². The first-order valence-electron chi connectivity index (χ1n) is 3.87. The molecule has 0 radical (unpaired) electrons. The Kier molecular flexibility index (Phi) is 2.93. The second-order valence-electron chi connectivity index (χ2n) is 2.83. The van der Waals surface area contributed by atoms with E-state index in [0.29, 0.717) is 6.29 Å². The van der Waals surface area contributed by atoms with Crippen LogP contribution in [0.5, 0.6) is 0 Å². The molecule has 0 N–H and O–H groups in total. The topological polar surface area (TPSA) is 17.1 Å². The fourth-order valence-electron chi connectivity index (χ4n) is 1.00. The highest BCUT2D eigenvalue weighted by Crippen LogP contribution is 2.33. The third-order valence-electron chi connectivity index (χ3n) is 1.80. The van der Waals surface area contributed by atoms with E-state index in [9.17, 15) is 22.4 Å². The number of rotatable bonds is 2. The normalized spacial score (nSPS) is 11.2. The van der Waals surface area contributed by atoms with Crippen LogP contribution in [0.2, 0.25) is 0 Å². The van der Waals surface area contributed by atoms with Gasteiger partial charge in [0, 0.05) is 11.1 Å². The van der Waals surface area contributed by atoms with Gasteiger partial charge in [0.25, 0.3) is 0 Å². The van der Waals surface area contributed by atoms with Gasteiger partial charge in [-0.1, -0.05) is 18.7 Å². The van der Waals surface area contributed by atoms with Gasteiger partial charge in [-0.2, -0.15) is 13.2 Å². The largest absolute Gasteiger partial charge is 0.416 e. The summed E-state index contributed by atoms with van der Waals surface area (Å²) >= 11 is 0. The van der Waals surface area contributed by atoms with Crippen molar-refractivity contribution >= 4 is 11.9 Å². The summed E-state index contributed by atoms with van der Waals surface area (Å²) in [5, 5.41) is 0. The molecule has 0 spiro atoms. The Morgan fingerprint density at radius 1 is 1.33 bits per heavy atom. The molecule has 0 bridgehead atoms. The van der Waals surface area contributed by atoms with E-state index >= 15 is 0 Å². The standard InChI is InChI=1S/C10H6F4O/c1-6(10(12,13)14)8-3-2-7(5-15)4-9(8)11/h2-5H,1H2. The molecule has 0 aliphatic carbocycles. The molecule has 0 saturated carbocycles. The molecule has 15 heavy (non-hydrogen) atoms. The van der Waals surface area contributed by atoms with E-state index in [0.717, 1.165) is 18.2 Å². The molecule has 0 atom stereocenters. The third-order valence-corrected chi connectivity index (χ3v) is 1.80. The van der Waals surface area contributed by atoms with Gasteiger partial charge < -0.3 is 0 Å². The summed E-state index contributed by atoms with van der Waals surface area (Å²) in [6.07, 6.45) is -4.33. The molecule has 0 unspecified atom stereocenters. The highest BCUT2D eigenvalue weighted by Gasteiger charge is 2.34. The summed E-state index contributed by atoms with van der Waals surface area (Å²) in [4.78, 5) is 10.2. The monoisotopic (exact) mass is 218 g/mol. The first kappa shape index (κ1) is 11.4. The molecule has 0 saturated heterocycles. The quantitative estimate of drug-likeness (QED) is 0.550. The van der Waals surface area contributed by atoms with Crippen molar-refractivity contribution in [3.8, 4) is 0 Å². The molecule has 0 amide bonds. The molecule has 1 rings (SSSR count). The number of allylic oxidation sites excluding steroid dienone is 1. The van der Waals surface area contributed by atoms with Gasteiger partial charge in [0.05, 0.1) is 5.57 Å². The van der Waals surface area contributed by atoms with Gasteiger partial charge in [0.2, 0.25) is 0 Å². The Balaban J connectivity index is 3.17. The maximum atomic E-state index is 13.1. The maximum absolute atomic E-state index is 13.1. The predicted octanol–water partition coefficient (Wildman–Crippen LogP) is 3.21. The highest BCUT2D eigenvalue weighted by molar-refractivity contribution is 5.77. The fourth-order valence-corrected chi connectivity index (χ4v) is 1.00. The van der Waals surface area contributed by atoms with Gasteiger partial charge in [-0.3, -0.25) is 4.79 Å². The molecule has 0 aromatic heterocycles. The minimum absolute atomic E-state index is 0.0220. The van der Waals surface area contributed by atoms with Gasteiger partial charge >= 0.3 is 6.18 Å². The first-order chi connectivity index (χ1) is 6.86. The van der Waals surface area contributed by atoms with E-state index in [1.807, 2.05) is 0 Å². The number of alkyl halides is 3. The summed E-state index contributed by atoms with van der Waals surface area (Å²) in [6, 6.07) is 2.72. The second-order valence-corrected chi connectivity index (χ2v) is 2.83. The van der Waals surface area contributed by atoms with Crippen molar-refractivity contribution in [3.05, 3.63) is 41.7 Å². The summed E-state index contributed by atoms with van der Waals surface area (Å²) < 4.78 is 49.6. The molecule has 0 aliphatic heterocycles. The van der Waals surface area contributed by atoms with Crippen LogP contribution >= 0.6 is 0 Å². The molecular formula is C10H6F4O. The zero-order chi connectivity index (χ0) is 11.6. The minimum Gasteiger partial charge on any atom is -0.298 e. The molecule has 1 nitrogen and oxygen atoms in total. The van der Waals surface area contributed by atoms with E-state index < -0.39 is 23.1 Å². The van der Waals surface area contributed by atoms with E-state index in [1.54, 1.807) is 0 Å². The van der Waals surface area contributed by atoms with Crippen molar-refractivity contribution in [2.24, 2.45) is 0 Å². The molecule has 1 aromatic carbocycles. The Morgan fingerprint density at radius 2 is 1.93 bits per heavy atom. The maximum Gasteiger partial charge on any atom is 0.416 e.